The number of hydrogen-bond acceptors (Lipinski definition) is 5. The zero-order chi connectivity index (χ0) is 20.7. The van der Waals surface area contributed by atoms with Gasteiger partial charge in [0.15, 0.2) is 11.2 Å². The Balaban J connectivity index is 0.00000300. The molecule has 0 spiro atoms. The summed E-state index contributed by atoms with van der Waals surface area (Å²) in [6.07, 6.45) is 1.01. The number of benzene rings is 1. The molecule has 1 aliphatic heterocycles. The van der Waals surface area contributed by atoms with Gasteiger partial charge in [0.25, 0.3) is 0 Å². The van der Waals surface area contributed by atoms with Crippen LogP contribution in [-0.4, -0.2) is 47.0 Å². The van der Waals surface area contributed by atoms with Crippen molar-refractivity contribution in [1.82, 2.24) is 9.47 Å². The maximum absolute atomic E-state index is 15.4. The van der Waals surface area contributed by atoms with Crippen molar-refractivity contribution in [3.63, 3.8) is 0 Å². The molecule has 1 fully saturated rings. The molecule has 1 aromatic heterocycles. The fraction of sp³-hybridized carbons (Fsp3) is 0.421. The largest absolute Gasteiger partial charge is 1.00 e. The Morgan fingerprint density at radius 2 is 1.93 bits per heavy atom. The summed E-state index contributed by atoms with van der Waals surface area (Å²) >= 11 is 0. The number of carboxylic acid groups (broad SMARTS) is 1. The average Bonchev–Trinajstić information content (AvgIpc) is 2.62. The molecule has 3 rings (SSSR count). The number of aromatic carboxylic acids is 1. The first kappa shape index (κ1) is 23.9. The Kier molecular flexibility index (Phi) is 7.61. The van der Waals surface area contributed by atoms with E-state index in [1.165, 1.54) is 16.4 Å². The van der Waals surface area contributed by atoms with Crippen LogP contribution < -0.4 is 66.8 Å². The number of aryl methyl sites for hydroxylation is 1. The summed E-state index contributed by atoms with van der Waals surface area (Å²) in [5, 5.41) is 10.8. The van der Waals surface area contributed by atoms with Gasteiger partial charge in [0, 0.05) is 45.3 Å². The average molecular weight is 431 g/mol. The predicted octanol–water partition coefficient (Wildman–Crippen LogP) is -2.28. The number of amides is 1. The van der Waals surface area contributed by atoms with Gasteiger partial charge in [0.2, 0.25) is 5.91 Å². The molecule has 7 nitrogen and oxygen atoms in total. The number of pyridine rings is 1. The third-order valence-electron chi connectivity index (χ3n) is 5.14. The molecule has 1 atom stereocenters. The molecule has 1 aliphatic rings. The van der Waals surface area contributed by atoms with E-state index in [0.29, 0.717) is 6.54 Å². The predicted molar refractivity (Wildman–Crippen MR) is 97.2 cm³/mol. The second-order valence-corrected chi connectivity index (χ2v) is 6.87. The van der Waals surface area contributed by atoms with E-state index in [-0.39, 0.29) is 99.6 Å². The van der Waals surface area contributed by atoms with Crippen LogP contribution in [0.3, 0.4) is 0 Å². The number of aromatic nitrogens is 1. The van der Waals surface area contributed by atoms with Crippen molar-refractivity contribution in [3.05, 3.63) is 39.7 Å². The third-order valence-corrected chi connectivity index (χ3v) is 5.14. The molecule has 1 unspecified atom stereocenters. The van der Waals surface area contributed by atoms with Gasteiger partial charge < -0.3 is 24.3 Å². The minimum absolute atomic E-state index is 0. The van der Waals surface area contributed by atoms with Gasteiger partial charge in [-0.1, -0.05) is 0 Å². The molecule has 2 heterocycles. The molecule has 29 heavy (non-hydrogen) atoms. The molecule has 2 aromatic rings. The van der Waals surface area contributed by atoms with Crippen LogP contribution in [0.25, 0.3) is 10.9 Å². The Morgan fingerprint density at radius 1 is 1.28 bits per heavy atom. The Morgan fingerprint density at radius 3 is 2.45 bits per heavy atom. The van der Waals surface area contributed by atoms with Crippen molar-refractivity contribution in [2.75, 3.05) is 24.5 Å². The number of fused-ring (bicyclic) bond motifs is 1. The van der Waals surface area contributed by atoms with Gasteiger partial charge in [0.05, 0.1) is 22.4 Å². The van der Waals surface area contributed by atoms with E-state index in [4.69, 9.17) is 0 Å². The summed E-state index contributed by atoms with van der Waals surface area (Å²) in [5.41, 5.74) is -2.08. The van der Waals surface area contributed by atoms with E-state index in [9.17, 15) is 23.9 Å². The number of rotatable bonds is 3. The van der Waals surface area contributed by atoms with Gasteiger partial charge in [-0.05, 0) is 19.9 Å². The second kappa shape index (κ2) is 9.21. The van der Waals surface area contributed by atoms with Crippen LogP contribution in [-0.2, 0) is 11.3 Å². The van der Waals surface area contributed by atoms with Crippen molar-refractivity contribution in [1.29, 1.82) is 0 Å². The Bertz CT molecular complexity index is 1040. The summed E-state index contributed by atoms with van der Waals surface area (Å²) in [6.45, 7) is 5.84. The van der Waals surface area contributed by atoms with Crippen molar-refractivity contribution in [3.8, 4) is 0 Å². The monoisotopic (exact) mass is 431 g/mol. The first-order valence-corrected chi connectivity index (χ1v) is 8.96. The van der Waals surface area contributed by atoms with Gasteiger partial charge >= 0.3 is 51.4 Å². The molecule has 0 radical (unpaired) electrons. The molecule has 1 aromatic carbocycles. The van der Waals surface area contributed by atoms with E-state index < -0.39 is 28.6 Å². The van der Waals surface area contributed by atoms with E-state index in [2.05, 4.69) is 0 Å². The van der Waals surface area contributed by atoms with Crippen LogP contribution in [0.1, 0.15) is 31.1 Å². The Hall–Kier alpha value is -1.33. The maximum Gasteiger partial charge on any atom is 1.00 e. The smallest absolute Gasteiger partial charge is 0.545 e. The quantitative estimate of drug-likeness (QED) is 0.512. The molecule has 0 saturated carbocycles. The number of piperazine rings is 1. The van der Waals surface area contributed by atoms with Crippen molar-refractivity contribution < 1.29 is 74.9 Å². The molecular formula is C19H20F2KN3O4. The first-order valence-electron chi connectivity index (χ1n) is 8.96. The summed E-state index contributed by atoms with van der Waals surface area (Å²) in [5.74, 6) is -3.69. The zero-order valence-corrected chi connectivity index (χ0v) is 19.9. The second-order valence-electron chi connectivity index (χ2n) is 6.87. The summed E-state index contributed by atoms with van der Waals surface area (Å²) in [6, 6.07) is 0.631. The fourth-order valence-electron chi connectivity index (χ4n) is 3.79. The van der Waals surface area contributed by atoms with Crippen molar-refractivity contribution in [2.24, 2.45) is 0 Å². The summed E-state index contributed by atoms with van der Waals surface area (Å²) < 4.78 is 31.5. The first-order chi connectivity index (χ1) is 13.2. The molecule has 1 amide bonds. The number of hydrogen-bond donors (Lipinski definition) is 0. The van der Waals surface area contributed by atoms with Crippen molar-refractivity contribution >= 4 is 28.5 Å². The number of carbonyl (C=O) groups excluding carboxylic acids is 2. The summed E-state index contributed by atoms with van der Waals surface area (Å²) in [4.78, 5) is 38.3. The summed E-state index contributed by atoms with van der Waals surface area (Å²) in [7, 11) is 0. The topological polar surface area (TPSA) is 85.7 Å². The molecule has 0 bridgehead atoms. The Labute approximate surface area is 208 Å². The standard InChI is InChI=1S/C19H21F2N3O4.K/c1-4-22-9-13(19(27)28)18(26)12-7-14(20)17(15(21)16(12)22)23-5-6-24(11(3)25)10(2)8-23;/h7,9-10H,4-6,8H2,1-3H3,(H,27,28);/q;+1/p-1. The van der Waals surface area contributed by atoms with E-state index in [0.717, 1.165) is 12.3 Å². The number of carboxylic acids is 1. The molecular weight excluding hydrogens is 411 g/mol. The molecule has 150 valence electrons. The van der Waals surface area contributed by atoms with Crippen LogP contribution in [0.4, 0.5) is 14.5 Å². The van der Waals surface area contributed by atoms with Crippen LogP contribution >= 0.6 is 0 Å². The fourth-order valence-corrected chi connectivity index (χ4v) is 3.79. The molecule has 0 N–H and O–H groups in total. The van der Waals surface area contributed by atoms with Gasteiger partial charge in [-0.3, -0.25) is 9.59 Å². The molecule has 0 aliphatic carbocycles. The van der Waals surface area contributed by atoms with Gasteiger partial charge in [0.1, 0.15) is 11.5 Å². The van der Waals surface area contributed by atoms with Crippen molar-refractivity contribution in [2.45, 2.75) is 33.4 Å². The zero-order valence-electron chi connectivity index (χ0n) is 16.8. The number of anilines is 1. The van der Waals surface area contributed by atoms with Crippen LogP contribution in [0.5, 0.6) is 0 Å². The van der Waals surface area contributed by atoms with Gasteiger partial charge in [-0.15, -0.1) is 0 Å². The SMILES string of the molecule is CCn1cc(C(=O)[O-])c(=O)c2cc(F)c(N3CCN(C(C)=O)C(C)C3)c(F)c21.[K+]. The van der Waals surface area contributed by atoms with Crippen LogP contribution in [0, 0.1) is 11.6 Å². The third kappa shape index (κ3) is 4.27. The van der Waals surface area contributed by atoms with Crippen LogP contribution in [0.15, 0.2) is 17.1 Å². The van der Waals surface area contributed by atoms with E-state index in [1.807, 2.05) is 0 Å². The minimum Gasteiger partial charge on any atom is -0.545 e. The molecule has 10 heteroatoms. The maximum atomic E-state index is 15.4. The van der Waals surface area contributed by atoms with E-state index >= 15 is 4.39 Å². The number of halogens is 2. The van der Waals surface area contributed by atoms with Gasteiger partial charge in [-0.25, -0.2) is 8.78 Å². The number of carbonyl (C=O) groups is 2. The molecule has 1 saturated heterocycles. The van der Waals surface area contributed by atoms with E-state index in [1.54, 1.807) is 18.7 Å². The minimum atomic E-state index is -1.70. The van der Waals surface area contributed by atoms with Gasteiger partial charge in [-0.2, -0.15) is 0 Å². The normalized spacial score (nSPS) is 16.7. The van der Waals surface area contributed by atoms with Crippen LogP contribution in [0.2, 0.25) is 0 Å². The number of nitrogens with zero attached hydrogens (tertiary/aromatic N) is 3.